The van der Waals surface area contributed by atoms with Crippen molar-refractivity contribution in [2.45, 2.75) is 174 Å². The molecule has 0 aromatic carbocycles. The standard InChI is InChI=1S/C39H72N6O8/c1-6-7-8-9-10-11-12-13-14-15-16-17-18-21-34(49)45-36(28(4)46)33(48)25-30(26-35(50)51)38(53)44-31(20-19-22-43-39(40)41)32(47)24-29(23-27(2)3)37(52)42-5/h27-31,36,46H,6-26H2,1-5H3,(H,42,52)(H,44,53)(H,45,49)(H,50,51)(H4,40,41,43)/t28-,29-,30+,31+,36+/m1/s1. The summed E-state index contributed by atoms with van der Waals surface area (Å²) in [6.07, 6.45) is 13.3. The molecule has 5 atom stereocenters. The molecule has 0 unspecified atom stereocenters. The van der Waals surface area contributed by atoms with Crippen molar-refractivity contribution in [1.29, 1.82) is 0 Å². The normalized spacial score (nSPS) is 14.0. The predicted molar refractivity (Wildman–Crippen MR) is 208 cm³/mol. The van der Waals surface area contributed by atoms with E-state index in [1.54, 1.807) is 0 Å². The second kappa shape index (κ2) is 29.9. The minimum atomic E-state index is -1.39. The highest BCUT2D eigenvalue weighted by Crippen LogP contribution is 2.20. The van der Waals surface area contributed by atoms with Crippen molar-refractivity contribution in [2.75, 3.05) is 13.6 Å². The third kappa shape index (κ3) is 25.2. The van der Waals surface area contributed by atoms with Gasteiger partial charge in [-0.3, -0.25) is 33.8 Å². The molecule has 0 bridgehead atoms. The van der Waals surface area contributed by atoms with E-state index in [1.807, 2.05) is 13.8 Å². The molecular formula is C39H72N6O8. The molecule has 0 aliphatic rings. The maximum atomic E-state index is 13.5. The minimum Gasteiger partial charge on any atom is -0.481 e. The van der Waals surface area contributed by atoms with Gasteiger partial charge in [0.05, 0.1) is 24.5 Å². The molecule has 0 rings (SSSR count). The highest BCUT2D eigenvalue weighted by atomic mass is 16.4. The minimum absolute atomic E-state index is 0.1000. The highest BCUT2D eigenvalue weighted by molar-refractivity contribution is 5.96. The van der Waals surface area contributed by atoms with Gasteiger partial charge in [0.25, 0.3) is 0 Å². The molecule has 0 radical (unpaired) electrons. The van der Waals surface area contributed by atoms with Crippen molar-refractivity contribution >= 4 is 41.2 Å². The van der Waals surface area contributed by atoms with E-state index in [1.165, 1.54) is 71.8 Å². The Hall–Kier alpha value is -3.55. The molecule has 0 aromatic heterocycles. The first-order valence-corrected chi connectivity index (χ1v) is 19.9. The fourth-order valence-electron chi connectivity index (χ4n) is 6.41. The first-order valence-electron chi connectivity index (χ1n) is 19.9. The van der Waals surface area contributed by atoms with Gasteiger partial charge in [-0.25, -0.2) is 0 Å². The average Bonchev–Trinajstić information content (AvgIpc) is 3.08. The summed E-state index contributed by atoms with van der Waals surface area (Å²) >= 11 is 0. The molecule has 14 heteroatoms. The number of aliphatic hydroxyl groups excluding tert-OH is 1. The van der Waals surface area contributed by atoms with Crippen molar-refractivity contribution in [2.24, 2.45) is 34.2 Å². The van der Waals surface area contributed by atoms with Crippen LogP contribution in [-0.2, 0) is 28.8 Å². The number of nitrogens with zero attached hydrogens (tertiary/aromatic N) is 1. The van der Waals surface area contributed by atoms with E-state index in [9.17, 15) is 39.0 Å². The Morgan fingerprint density at radius 3 is 1.68 bits per heavy atom. The number of aliphatic imine (C=N–C) groups is 1. The molecular weight excluding hydrogens is 680 g/mol. The number of guanidine groups is 1. The number of carboxylic acid groups (broad SMARTS) is 1. The molecule has 3 amide bonds. The number of ketones is 2. The van der Waals surface area contributed by atoms with Gasteiger partial charge >= 0.3 is 5.97 Å². The van der Waals surface area contributed by atoms with Crippen LogP contribution in [0.4, 0.5) is 0 Å². The summed E-state index contributed by atoms with van der Waals surface area (Å²) in [7, 11) is 1.48. The van der Waals surface area contributed by atoms with E-state index in [2.05, 4.69) is 27.9 Å². The summed E-state index contributed by atoms with van der Waals surface area (Å²) in [5.41, 5.74) is 10.8. The van der Waals surface area contributed by atoms with Crippen molar-refractivity contribution in [3.05, 3.63) is 0 Å². The Labute approximate surface area is 317 Å². The van der Waals surface area contributed by atoms with Crippen LogP contribution in [0.1, 0.15) is 156 Å². The largest absolute Gasteiger partial charge is 0.481 e. The summed E-state index contributed by atoms with van der Waals surface area (Å²) in [4.78, 5) is 81.3. The van der Waals surface area contributed by atoms with Crippen LogP contribution >= 0.6 is 0 Å². The highest BCUT2D eigenvalue weighted by Gasteiger charge is 2.34. The Kier molecular flexibility index (Phi) is 27.9. The summed E-state index contributed by atoms with van der Waals surface area (Å²) in [6, 6.07) is -2.44. The van der Waals surface area contributed by atoms with Crippen molar-refractivity contribution in [1.82, 2.24) is 16.0 Å². The number of amides is 3. The van der Waals surface area contributed by atoms with Gasteiger partial charge in [0.2, 0.25) is 17.7 Å². The molecule has 306 valence electrons. The second-order valence-corrected chi connectivity index (χ2v) is 14.9. The maximum absolute atomic E-state index is 13.5. The van der Waals surface area contributed by atoms with E-state index in [4.69, 9.17) is 11.5 Å². The number of carbonyl (C=O) groups excluding carboxylic acids is 5. The first kappa shape index (κ1) is 49.5. The summed E-state index contributed by atoms with van der Waals surface area (Å²) in [6.45, 7) is 7.57. The Morgan fingerprint density at radius 2 is 1.21 bits per heavy atom. The van der Waals surface area contributed by atoms with E-state index in [0.29, 0.717) is 19.3 Å². The number of carbonyl (C=O) groups is 6. The number of hydrogen-bond donors (Lipinski definition) is 7. The summed E-state index contributed by atoms with van der Waals surface area (Å²) in [5.74, 6) is -6.10. The van der Waals surface area contributed by atoms with Crippen LogP contribution in [-0.4, -0.2) is 83.2 Å². The lowest BCUT2D eigenvalue weighted by Crippen LogP contribution is -2.50. The topological polar surface area (TPSA) is 243 Å². The quantitative estimate of drug-likeness (QED) is 0.0285. The molecule has 0 spiro atoms. The first-order chi connectivity index (χ1) is 25.1. The lowest BCUT2D eigenvalue weighted by molar-refractivity contribution is -0.143. The number of hydrogen-bond acceptors (Lipinski definition) is 8. The maximum Gasteiger partial charge on any atom is 0.304 e. The van der Waals surface area contributed by atoms with Gasteiger partial charge in [0.15, 0.2) is 17.5 Å². The van der Waals surface area contributed by atoms with Crippen molar-refractivity contribution in [3.8, 4) is 0 Å². The molecule has 0 fully saturated rings. The van der Waals surface area contributed by atoms with Crippen LogP contribution in [0.15, 0.2) is 4.99 Å². The van der Waals surface area contributed by atoms with E-state index < -0.39 is 72.2 Å². The molecule has 14 nitrogen and oxygen atoms in total. The van der Waals surface area contributed by atoms with Crippen LogP contribution in [0.5, 0.6) is 0 Å². The average molecular weight is 753 g/mol. The van der Waals surface area contributed by atoms with E-state index in [-0.39, 0.29) is 43.6 Å². The third-order valence-electron chi connectivity index (χ3n) is 9.36. The van der Waals surface area contributed by atoms with Gasteiger partial charge in [-0.1, -0.05) is 97.8 Å². The van der Waals surface area contributed by atoms with Crippen molar-refractivity contribution < 1.29 is 39.0 Å². The predicted octanol–water partition coefficient (Wildman–Crippen LogP) is 4.29. The fourth-order valence-corrected chi connectivity index (χ4v) is 6.41. The van der Waals surface area contributed by atoms with Gasteiger partial charge in [-0.05, 0) is 38.5 Å². The number of unbranched alkanes of at least 4 members (excludes halogenated alkanes) is 12. The monoisotopic (exact) mass is 753 g/mol. The molecule has 0 aliphatic carbocycles. The Balaban J connectivity index is 5.33. The van der Waals surface area contributed by atoms with Gasteiger partial charge < -0.3 is 37.6 Å². The number of aliphatic carboxylic acids is 1. The van der Waals surface area contributed by atoms with Gasteiger partial charge in [0.1, 0.15) is 6.04 Å². The Bertz CT molecular complexity index is 1130. The van der Waals surface area contributed by atoms with E-state index in [0.717, 1.165) is 19.3 Å². The smallest absolute Gasteiger partial charge is 0.304 e. The van der Waals surface area contributed by atoms with Gasteiger partial charge in [0, 0.05) is 38.8 Å². The zero-order chi connectivity index (χ0) is 40.2. The number of aliphatic hydroxyl groups is 1. The van der Waals surface area contributed by atoms with Crippen molar-refractivity contribution in [3.63, 3.8) is 0 Å². The zero-order valence-corrected chi connectivity index (χ0v) is 33.3. The molecule has 0 heterocycles. The zero-order valence-electron chi connectivity index (χ0n) is 33.3. The summed E-state index contributed by atoms with van der Waals surface area (Å²) in [5, 5.41) is 27.7. The summed E-state index contributed by atoms with van der Waals surface area (Å²) < 4.78 is 0. The van der Waals surface area contributed by atoms with Gasteiger partial charge in [-0.15, -0.1) is 0 Å². The van der Waals surface area contributed by atoms with E-state index >= 15 is 0 Å². The lowest BCUT2D eigenvalue weighted by atomic mass is 9.88. The number of rotatable bonds is 33. The molecule has 9 N–H and O–H groups in total. The number of Topliss-reactive ketones (excluding diaryl/α,β-unsaturated/α-hetero) is 2. The van der Waals surface area contributed by atoms with Crippen LogP contribution in [0, 0.1) is 17.8 Å². The number of carboxylic acids is 1. The SMILES string of the molecule is CCCCCCCCCCCCCCCC(=O)N[C@H](C(=O)C[C@@H](CC(=O)O)C(=O)N[C@@H](CCCN=C(N)N)C(=O)C[C@@H](CC(C)C)C(=O)NC)[C@@H](C)O. The fraction of sp³-hybridized carbons (Fsp3) is 0.821. The lowest BCUT2D eigenvalue weighted by Gasteiger charge is -2.25. The molecule has 53 heavy (non-hydrogen) atoms. The van der Waals surface area contributed by atoms with Crippen LogP contribution in [0.25, 0.3) is 0 Å². The number of nitrogens with one attached hydrogen (secondary N) is 3. The van der Waals surface area contributed by atoms with Crippen LogP contribution in [0.2, 0.25) is 0 Å². The molecule has 0 aliphatic heterocycles. The van der Waals surface area contributed by atoms with Gasteiger partial charge in [-0.2, -0.15) is 0 Å². The van der Waals surface area contributed by atoms with Crippen LogP contribution < -0.4 is 27.4 Å². The Morgan fingerprint density at radius 1 is 0.679 bits per heavy atom. The molecule has 0 saturated heterocycles. The third-order valence-corrected chi connectivity index (χ3v) is 9.36. The molecule has 0 saturated carbocycles. The number of nitrogens with two attached hydrogens (primary N) is 2. The molecule has 0 aromatic rings. The second-order valence-electron chi connectivity index (χ2n) is 14.9. The van der Waals surface area contributed by atoms with Crippen LogP contribution in [0.3, 0.4) is 0 Å².